The van der Waals surface area contributed by atoms with Crippen LogP contribution in [0.2, 0.25) is 0 Å². The first-order chi connectivity index (χ1) is 8.59. The molecule has 100 valence electrons. The Kier molecular flexibility index (Phi) is 6.44. The number of rotatable bonds is 8. The molecule has 0 spiro atoms. The monoisotopic (exact) mass is 311 g/mol. The van der Waals surface area contributed by atoms with Crippen molar-refractivity contribution in [1.82, 2.24) is 5.32 Å². The zero-order valence-corrected chi connectivity index (χ0v) is 12.8. The Balaban J connectivity index is 2.41. The molecular formula is C15H22BrNO. The molecule has 1 unspecified atom stereocenters. The Bertz CT molecular complexity index is 381. The van der Waals surface area contributed by atoms with Crippen LogP contribution in [0.4, 0.5) is 0 Å². The summed E-state index contributed by atoms with van der Waals surface area (Å²) < 4.78 is 6.80. The molecule has 0 radical (unpaired) electrons. The maximum atomic E-state index is 5.76. The zero-order chi connectivity index (χ0) is 13.4. The van der Waals surface area contributed by atoms with Crippen LogP contribution in [-0.2, 0) is 0 Å². The quantitative estimate of drug-likeness (QED) is 0.732. The van der Waals surface area contributed by atoms with Crippen molar-refractivity contribution < 1.29 is 4.74 Å². The Morgan fingerprint density at radius 3 is 2.89 bits per heavy atom. The largest absolute Gasteiger partial charge is 0.494 e. The van der Waals surface area contributed by atoms with Crippen LogP contribution in [0.25, 0.3) is 0 Å². The highest BCUT2D eigenvalue weighted by Gasteiger charge is 2.19. The van der Waals surface area contributed by atoms with Crippen molar-refractivity contribution in [2.24, 2.45) is 5.41 Å². The van der Waals surface area contributed by atoms with Gasteiger partial charge < -0.3 is 10.1 Å². The smallest absolute Gasteiger partial charge is 0.120 e. The lowest BCUT2D eigenvalue weighted by Gasteiger charge is -2.26. The van der Waals surface area contributed by atoms with Crippen molar-refractivity contribution in [3.05, 3.63) is 41.4 Å². The van der Waals surface area contributed by atoms with E-state index >= 15 is 0 Å². The van der Waals surface area contributed by atoms with Crippen LogP contribution < -0.4 is 10.1 Å². The molecular weight excluding hydrogens is 290 g/mol. The number of nitrogens with one attached hydrogen (secondary N) is 1. The predicted octanol–water partition coefficient (Wildman–Crippen LogP) is 4.02. The number of hydrogen-bond donors (Lipinski definition) is 1. The van der Waals surface area contributed by atoms with E-state index in [1.807, 2.05) is 30.3 Å². The van der Waals surface area contributed by atoms with Gasteiger partial charge in [0.25, 0.3) is 0 Å². The summed E-state index contributed by atoms with van der Waals surface area (Å²) in [4.78, 5) is 0. The van der Waals surface area contributed by atoms with Gasteiger partial charge in [-0.3, -0.25) is 0 Å². The van der Waals surface area contributed by atoms with E-state index in [2.05, 4.69) is 41.7 Å². The van der Waals surface area contributed by atoms with Crippen molar-refractivity contribution in [3.8, 4) is 5.75 Å². The summed E-state index contributed by atoms with van der Waals surface area (Å²) in [5.74, 6) is 0.902. The molecule has 2 nitrogen and oxygen atoms in total. The SMILES string of the molecule is C=CC(C)(CCOc1cccc(Br)c1)CNCC. The molecule has 0 aliphatic heterocycles. The van der Waals surface area contributed by atoms with Gasteiger partial charge in [0.2, 0.25) is 0 Å². The van der Waals surface area contributed by atoms with Gasteiger partial charge in [0, 0.05) is 16.4 Å². The van der Waals surface area contributed by atoms with E-state index < -0.39 is 0 Å². The van der Waals surface area contributed by atoms with E-state index in [4.69, 9.17) is 4.74 Å². The first kappa shape index (κ1) is 15.3. The van der Waals surface area contributed by atoms with Gasteiger partial charge in [-0.1, -0.05) is 41.9 Å². The molecule has 0 bridgehead atoms. The standard InChI is InChI=1S/C15H22BrNO/c1-4-15(3,12-17-5-2)9-10-18-14-8-6-7-13(16)11-14/h4,6-8,11,17H,1,5,9-10,12H2,2-3H3. The molecule has 1 aromatic carbocycles. The molecule has 3 heteroatoms. The van der Waals surface area contributed by atoms with Crippen molar-refractivity contribution in [3.63, 3.8) is 0 Å². The third-order valence-electron chi connectivity index (χ3n) is 3.01. The van der Waals surface area contributed by atoms with Crippen LogP contribution in [0.15, 0.2) is 41.4 Å². The summed E-state index contributed by atoms with van der Waals surface area (Å²) in [7, 11) is 0. The molecule has 0 amide bonds. The van der Waals surface area contributed by atoms with Gasteiger partial charge in [-0.15, -0.1) is 6.58 Å². The molecule has 18 heavy (non-hydrogen) atoms. The van der Waals surface area contributed by atoms with Gasteiger partial charge in [0.1, 0.15) is 5.75 Å². The second-order valence-electron chi connectivity index (χ2n) is 4.69. The van der Waals surface area contributed by atoms with E-state index in [1.165, 1.54) is 0 Å². The molecule has 0 aliphatic rings. The molecule has 1 aromatic rings. The van der Waals surface area contributed by atoms with E-state index in [9.17, 15) is 0 Å². The highest BCUT2D eigenvalue weighted by Crippen LogP contribution is 2.23. The number of ether oxygens (including phenoxy) is 1. The summed E-state index contributed by atoms with van der Waals surface area (Å²) >= 11 is 3.44. The minimum absolute atomic E-state index is 0.0853. The molecule has 0 aromatic heterocycles. The van der Waals surface area contributed by atoms with Crippen molar-refractivity contribution in [2.45, 2.75) is 20.3 Å². The van der Waals surface area contributed by atoms with Gasteiger partial charge in [-0.25, -0.2) is 0 Å². The lowest BCUT2D eigenvalue weighted by molar-refractivity contribution is 0.245. The predicted molar refractivity (Wildman–Crippen MR) is 81.1 cm³/mol. The van der Waals surface area contributed by atoms with Crippen LogP contribution >= 0.6 is 15.9 Å². The van der Waals surface area contributed by atoms with Gasteiger partial charge in [-0.2, -0.15) is 0 Å². The molecule has 0 saturated carbocycles. The first-order valence-electron chi connectivity index (χ1n) is 6.32. The topological polar surface area (TPSA) is 21.3 Å². The second kappa shape index (κ2) is 7.59. The highest BCUT2D eigenvalue weighted by molar-refractivity contribution is 9.10. The van der Waals surface area contributed by atoms with Gasteiger partial charge in [0.05, 0.1) is 6.61 Å². The molecule has 0 aliphatic carbocycles. The van der Waals surface area contributed by atoms with E-state index in [-0.39, 0.29) is 5.41 Å². The fraction of sp³-hybridized carbons (Fsp3) is 0.467. The van der Waals surface area contributed by atoms with Crippen LogP contribution in [0, 0.1) is 5.41 Å². The Labute approximate surface area is 119 Å². The van der Waals surface area contributed by atoms with Crippen molar-refractivity contribution in [1.29, 1.82) is 0 Å². The third kappa shape index (κ3) is 5.23. The molecule has 0 saturated heterocycles. The molecule has 1 rings (SSSR count). The third-order valence-corrected chi connectivity index (χ3v) is 3.50. The van der Waals surface area contributed by atoms with E-state index in [0.717, 1.165) is 29.7 Å². The van der Waals surface area contributed by atoms with Crippen LogP contribution in [-0.4, -0.2) is 19.7 Å². The highest BCUT2D eigenvalue weighted by atomic mass is 79.9. The van der Waals surface area contributed by atoms with Crippen LogP contribution in [0.1, 0.15) is 20.3 Å². The number of hydrogen-bond acceptors (Lipinski definition) is 2. The van der Waals surface area contributed by atoms with Crippen molar-refractivity contribution in [2.75, 3.05) is 19.7 Å². The molecule has 1 N–H and O–H groups in total. The zero-order valence-electron chi connectivity index (χ0n) is 11.2. The minimum Gasteiger partial charge on any atom is -0.494 e. The maximum absolute atomic E-state index is 5.76. The summed E-state index contributed by atoms with van der Waals surface area (Å²) in [6.07, 6.45) is 2.97. The van der Waals surface area contributed by atoms with E-state index in [0.29, 0.717) is 6.61 Å². The molecule has 0 fully saturated rings. The Morgan fingerprint density at radius 1 is 1.50 bits per heavy atom. The first-order valence-corrected chi connectivity index (χ1v) is 7.11. The molecule has 0 heterocycles. The Hall–Kier alpha value is -0.800. The summed E-state index contributed by atoms with van der Waals surface area (Å²) in [6, 6.07) is 7.92. The maximum Gasteiger partial charge on any atom is 0.120 e. The normalized spacial score (nSPS) is 13.9. The molecule has 1 atom stereocenters. The average molecular weight is 312 g/mol. The lowest BCUT2D eigenvalue weighted by Crippen LogP contribution is -2.31. The fourth-order valence-corrected chi connectivity index (χ4v) is 2.01. The minimum atomic E-state index is 0.0853. The Morgan fingerprint density at radius 2 is 2.28 bits per heavy atom. The van der Waals surface area contributed by atoms with Gasteiger partial charge in [0.15, 0.2) is 0 Å². The summed E-state index contributed by atoms with van der Waals surface area (Å²) in [5.41, 5.74) is 0.0853. The summed E-state index contributed by atoms with van der Waals surface area (Å²) in [6.45, 7) is 10.9. The lowest BCUT2D eigenvalue weighted by atomic mass is 9.87. The average Bonchev–Trinajstić information content (AvgIpc) is 2.36. The van der Waals surface area contributed by atoms with Gasteiger partial charge >= 0.3 is 0 Å². The second-order valence-corrected chi connectivity index (χ2v) is 5.61. The number of halogens is 1. The van der Waals surface area contributed by atoms with Crippen molar-refractivity contribution >= 4 is 15.9 Å². The van der Waals surface area contributed by atoms with Crippen LogP contribution in [0.3, 0.4) is 0 Å². The fourth-order valence-electron chi connectivity index (χ4n) is 1.63. The van der Waals surface area contributed by atoms with Gasteiger partial charge in [-0.05, 0) is 31.2 Å². The van der Waals surface area contributed by atoms with Crippen LogP contribution in [0.5, 0.6) is 5.75 Å². The summed E-state index contributed by atoms with van der Waals surface area (Å²) in [5, 5.41) is 3.36. The number of benzene rings is 1. The van der Waals surface area contributed by atoms with E-state index in [1.54, 1.807) is 0 Å².